The first-order valence-corrected chi connectivity index (χ1v) is 9.72. The fourth-order valence-corrected chi connectivity index (χ4v) is 3.71. The van der Waals surface area contributed by atoms with Crippen LogP contribution in [0.4, 0.5) is 25.8 Å². The predicted octanol–water partition coefficient (Wildman–Crippen LogP) is 4.51. The number of hydrogen-bond acceptors (Lipinski definition) is 6. The number of carbonyl (C=O) groups is 1. The van der Waals surface area contributed by atoms with Crippen molar-refractivity contribution in [3.63, 3.8) is 0 Å². The van der Waals surface area contributed by atoms with Crippen LogP contribution in [0.3, 0.4) is 0 Å². The molecule has 2 aliphatic rings. The molecule has 2 aliphatic heterocycles. The van der Waals surface area contributed by atoms with E-state index in [9.17, 15) is 18.7 Å². The highest BCUT2D eigenvalue weighted by Crippen LogP contribution is 2.40. The smallest absolute Gasteiger partial charge is 0.253 e. The SMILES string of the molecule is C/N=N/c1ccc(N2CCOc3cc(C(=O)N4CCC(F)(F)CC4)ccc32)cc1O. The Morgan fingerprint density at radius 1 is 1.13 bits per heavy atom. The molecule has 1 amide bonds. The van der Waals surface area contributed by atoms with Crippen molar-refractivity contribution in [3.05, 3.63) is 42.0 Å². The van der Waals surface area contributed by atoms with E-state index < -0.39 is 5.92 Å². The van der Waals surface area contributed by atoms with Gasteiger partial charge in [0, 0.05) is 50.3 Å². The number of aromatic hydroxyl groups is 1. The number of piperidine rings is 1. The number of alkyl halides is 2. The average molecular weight is 416 g/mol. The lowest BCUT2D eigenvalue weighted by Gasteiger charge is -2.33. The van der Waals surface area contributed by atoms with Gasteiger partial charge in [-0.05, 0) is 30.3 Å². The van der Waals surface area contributed by atoms with Crippen molar-refractivity contribution in [1.82, 2.24) is 4.90 Å². The van der Waals surface area contributed by atoms with Crippen LogP contribution < -0.4 is 9.64 Å². The Labute approximate surface area is 172 Å². The summed E-state index contributed by atoms with van der Waals surface area (Å²) in [7, 11) is 1.53. The van der Waals surface area contributed by atoms with Gasteiger partial charge in [-0.1, -0.05) is 0 Å². The maximum atomic E-state index is 13.4. The zero-order chi connectivity index (χ0) is 21.3. The number of benzene rings is 2. The van der Waals surface area contributed by atoms with Crippen molar-refractivity contribution in [3.8, 4) is 11.5 Å². The van der Waals surface area contributed by atoms with E-state index in [-0.39, 0.29) is 37.6 Å². The minimum absolute atomic E-state index is 0.0137. The van der Waals surface area contributed by atoms with E-state index in [0.29, 0.717) is 30.2 Å². The number of ether oxygens (including phenoxy) is 1. The van der Waals surface area contributed by atoms with Gasteiger partial charge < -0.3 is 19.6 Å². The molecule has 30 heavy (non-hydrogen) atoms. The summed E-state index contributed by atoms with van der Waals surface area (Å²) in [5, 5.41) is 17.7. The normalized spacial score (nSPS) is 18.2. The topological polar surface area (TPSA) is 77.7 Å². The molecule has 0 unspecified atom stereocenters. The van der Waals surface area contributed by atoms with E-state index in [1.54, 1.807) is 30.3 Å². The average Bonchev–Trinajstić information content (AvgIpc) is 2.74. The van der Waals surface area contributed by atoms with Gasteiger partial charge in [0.05, 0.1) is 12.2 Å². The van der Waals surface area contributed by atoms with E-state index in [0.717, 1.165) is 11.4 Å². The molecule has 2 heterocycles. The Morgan fingerprint density at radius 2 is 1.90 bits per heavy atom. The quantitative estimate of drug-likeness (QED) is 0.747. The molecule has 0 saturated carbocycles. The van der Waals surface area contributed by atoms with Crippen LogP contribution in [0.2, 0.25) is 0 Å². The summed E-state index contributed by atoms with van der Waals surface area (Å²) < 4.78 is 32.5. The fourth-order valence-electron chi connectivity index (χ4n) is 3.71. The third-order valence-corrected chi connectivity index (χ3v) is 5.33. The van der Waals surface area contributed by atoms with Gasteiger partial charge in [-0.25, -0.2) is 8.78 Å². The predicted molar refractivity (Wildman–Crippen MR) is 108 cm³/mol. The molecule has 0 aliphatic carbocycles. The minimum atomic E-state index is -2.70. The molecular weight excluding hydrogens is 394 g/mol. The fraction of sp³-hybridized carbons (Fsp3) is 0.381. The number of rotatable bonds is 3. The van der Waals surface area contributed by atoms with Gasteiger partial charge in [0.1, 0.15) is 23.8 Å². The van der Waals surface area contributed by atoms with Crippen LogP contribution in [0, 0.1) is 0 Å². The molecular formula is C21H22F2N4O3. The number of likely N-dealkylation sites (tertiary alicyclic amines) is 1. The minimum Gasteiger partial charge on any atom is -0.506 e. The molecule has 4 rings (SSSR count). The summed E-state index contributed by atoms with van der Waals surface area (Å²) >= 11 is 0. The maximum absolute atomic E-state index is 13.4. The number of phenols is 1. The van der Waals surface area contributed by atoms with Crippen molar-refractivity contribution in [2.24, 2.45) is 10.2 Å². The summed E-state index contributed by atoms with van der Waals surface area (Å²) in [6.07, 6.45) is -0.629. The summed E-state index contributed by atoms with van der Waals surface area (Å²) in [4.78, 5) is 16.2. The second-order valence-corrected chi connectivity index (χ2v) is 7.30. The Balaban J connectivity index is 1.57. The van der Waals surface area contributed by atoms with Crippen LogP contribution in [-0.2, 0) is 0 Å². The Morgan fingerprint density at radius 3 is 2.60 bits per heavy atom. The number of phenolic OH excluding ortho intramolecular Hbond substituents is 1. The van der Waals surface area contributed by atoms with Crippen LogP contribution in [-0.4, -0.2) is 55.1 Å². The zero-order valence-electron chi connectivity index (χ0n) is 16.5. The van der Waals surface area contributed by atoms with Crippen molar-refractivity contribution < 1.29 is 23.4 Å². The van der Waals surface area contributed by atoms with E-state index in [1.165, 1.54) is 11.9 Å². The highest BCUT2D eigenvalue weighted by Gasteiger charge is 2.36. The molecule has 0 radical (unpaired) electrons. The molecule has 1 saturated heterocycles. The molecule has 0 atom stereocenters. The lowest BCUT2D eigenvalue weighted by Crippen LogP contribution is -2.42. The van der Waals surface area contributed by atoms with Gasteiger partial charge in [0.25, 0.3) is 11.8 Å². The summed E-state index contributed by atoms with van der Waals surface area (Å²) in [5.74, 6) is -2.43. The Hall–Kier alpha value is -3.23. The number of nitrogens with zero attached hydrogens (tertiary/aromatic N) is 4. The third-order valence-electron chi connectivity index (χ3n) is 5.33. The lowest BCUT2D eigenvalue weighted by atomic mass is 10.0. The number of carbonyl (C=O) groups excluding carboxylic acids is 1. The second-order valence-electron chi connectivity index (χ2n) is 7.30. The molecule has 1 N–H and O–H groups in total. The van der Waals surface area contributed by atoms with Gasteiger partial charge in [0.2, 0.25) is 0 Å². The number of halogens is 2. The number of fused-ring (bicyclic) bond motifs is 1. The van der Waals surface area contributed by atoms with Gasteiger partial charge in [0.15, 0.2) is 0 Å². The van der Waals surface area contributed by atoms with Crippen LogP contribution in [0.5, 0.6) is 11.5 Å². The molecule has 2 aromatic carbocycles. The van der Waals surface area contributed by atoms with E-state index >= 15 is 0 Å². The molecule has 1 fully saturated rings. The van der Waals surface area contributed by atoms with Crippen molar-refractivity contribution >= 4 is 23.0 Å². The second kappa shape index (κ2) is 7.89. The van der Waals surface area contributed by atoms with Crippen molar-refractivity contribution in [1.29, 1.82) is 0 Å². The van der Waals surface area contributed by atoms with E-state index in [4.69, 9.17) is 4.74 Å². The molecule has 0 spiro atoms. The van der Waals surface area contributed by atoms with E-state index in [1.807, 2.05) is 11.0 Å². The van der Waals surface area contributed by atoms with Gasteiger partial charge in [-0.2, -0.15) is 10.2 Å². The first-order chi connectivity index (χ1) is 14.4. The number of hydrogen-bond donors (Lipinski definition) is 1. The monoisotopic (exact) mass is 416 g/mol. The maximum Gasteiger partial charge on any atom is 0.253 e. The number of anilines is 2. The summed E-state index contributed by atoms with van der Waals surface area (Å²) in [6, 6.07) is 10.2. The highest BCUT2D eigenvalue weighted by molar-refractivity contribution is 5.95. The molecule has 0 aromatic heterocycles. The highest BCUT2D eigenvalue weighted by atomic mass is 19.3. The van der Waals surface area contributed by atoms with Crippen LogP contribution >= 0.6 is 0 Å². The van der Waals surface area contributed by atoms with Crippen molar-refractivity contribution in [2.45, 2.75) is 18.8 Å². The standard InChI is InChI=1S/C21H22F2N4O3/c1-24-25-16-4-3-15(13-18(16)28)27-10-11-30-19-12-14(2-5-17(19)27)20(29)26-8-6-21(22,23)7-9-26/h2-5,12-13,28H,6-11H2,1H3/b25-24+. The Kier molecular flexibility index (Phi) is 5.27. The zero-order valence-corrected chi connectivity index (χ0v) is 16.5. The Bertz CT molecular complexity index is 986. The van der Waals surface area contributed by atoms with Crippen LogP contribution in [0.1, 0.15) is 23.2 Å². The van der Waals surface area contributed by atoms with Gasteiger partial charge >= 0.3 is 0 Å². The molecule has 2 aromatic rings. The van der Waals surface area contributed by atoms with Gasteiger partial charge in [-0.15, -0.1) is 0 Å². The van der Waals surface area contributed by atoms with E-state index in [2.05, 4.69) is 10.2 Å². The van der Waals surface area contributed by atoms with Crippen molar-refractivity contribution in [2.75, 3.05) is 38.2 Å². The van der Waals surface area contributed by atoms with Crippen LogP contribution in [0.15, 0.2) is 46.6 Å². The molecule has 0 bridgehead atoms. The third kappa shape index (κ3) is 3.92. The first-order valence-electron chi connectivity index (χ1n) is 9.72. The largest absolute Gasteiger partial charge is 0.506 e. The molecule has 9 heteroatoms. The first kappa shape index (κ1) is 20.1. The molecule has 7 nitrogen and oxygen atoms in total. The summed E-state index contributed by atoms with van der Waals surface area (Å²) in [6.45, 7) is 1.04. The summed E-state index contributed by atoms with van der Waals surface area (Å²) in [5.41, 5.74) is 2.29. The van der Waals surface area contributed by atoms with Crippen LogP contribution in [0.25, 0.3) is 0 Å². The van der Waals surface area contributed by atoms with Gasteiger partial charge in [-0.3, -0.25) is 4.79 Å². The molecule has 158 valence electrons. The lowest BCUT2D eigenvalue weighted by molar-refractivity contribution is -0.0494. The number of amides is 1. The number of azo groups is 1.